The van der Waals surface area contributed by atoms with Crippen LogP contribution in [0.2, 0.25) is 0 Å². The molecule has 2 fully saturated rings. The van der Waals surface area contributed by atoms with Crippen LogP contribution in [0.1, 0.15) is 40.5 Å². The molecule has 0 bridgehead atoms. The first-order chi connectivity index (χ1) is 12.4. The van der Waals surface area contributed by atoms with Gasteiger partial charge in [-0.05, 0) is 40.5 Å². The molecule has 0 aromatic heterocycles. The summed E-state index contributed by atoms with van der Waals surface area (Å²) < 4.78 is 17.0. The number of hydrogen-bond acceptors (Lipinski definition) is 5. The summed E-state index contributed by atoms with van der Waals surface area (Å²) in [6, 6.07) is 0. The summed E-state index contributed by atoms with van der Waals surface area (Å²) in [6.07, 6.45) is 2.82. The van der Waals surface area contributed by atoms with Crippen LogP contribution >= 0.6 is 0 Å². The Kier molecular flexibility index (Phi) is 8.60. The molecule has 2 N–H and O–H groups in total. The Hall–Kier alpha value is -0.890. The van der Waals surface area contributed by atoms with Crippen molar-refractivity contribution >= 4 is 5.96 Å². The highest BCUT2D eigenvalue weighted by atomic mass is 16.5. The first kappa shape index (κ1) is 21.4. The maximum Gasteiger partial charge on any atom is 0.191 e. The van der Waals surface area contributed by atoms with Crippen LogP contribution in [0.3, 0.4) is 0 Å². The van der Waals surface area contributed by atoms with Gasteiger partial charge in [-0.2, -0.15) is 0 Å². The molecule has 0 spiro atoms. The maximum absolute atomic E-state index is 5.85. The second kappa shape index (κ2) is 10.4. The number of guanidine groups is 1. The monoisotopic (exact) mass is 370 g/mol. The second-order valence-electron chi connectivity index (χ2n) is 8.04. The molecular formula is C19H38N4O3. The van der Waals surface area contributed by atoms with Crippen molar-refractivity contribution in [3.05, 3.63) is 0 Å². The highest BCUT2D eigenvalue weighted by Crippen LogP contribution is 2.20. The van der Waals surface area contributed by atoms with Crippen LogP contribution in [0.4, 0.5) is 0 Å². The van der Waals surface area contributed by atoms with E-state index in [1.165, 1.54) is 0 Å². The molecule has 2 rings (SSSR count). The Morgan fingerprint density at radius 3 is 2.58 bits per heavy atom. The number of nitrogens with one attached hydrogen (secondary N) is 2. The number of morpholine rings is 1. The van der Waals surface area contributed by atoms with Crippen LogP contribution in [0.25, 0.3) is 0 Å². The van der Waals surface area contributed by atoms with Crippen molar-refractivity contribution < 1.29 is 14.2 Å². The molecule has 2 aliphatic heterocycles. The van der Waals surface area contributed by atoms with Crippen molar-refractivity contribution in [2.24, 2.45) is 4.99 Å². The van der Waals surface area contributed by atoms with Crippen molar-refractivity contribution in [3.63, 3.8) is 0 Å². The van der Waals surface area contributed by atoms with Gasteiger partial charge >= 0.3 is 0 Å². The summed E-state index contributed by atoms with van der Waals surface area (Å²) in [4.78, 5) is 6.84. The van der Waals surface area contributed by atoms with E-state index in [1.54, 1.807) is 0 Å². The van der Waals surface area contributed by atoms with Gasteiger partial charge in [0, 0.05) is 52.0 Å². The fourth-order valence-corrected chi connectivity index (χ4v) is 3.48. The number of ether oxygens (including phenoxy) is 3. The summed E-state index contributed by atoms with van der Waals surface area (Å²) in [5.74, 6) is 0.844. The molecule has 2 aliphatic rings. The zero-order valence-electron chi connectivity index (χ0n) is 17.2. The summed E-state index contributed by atoms with van der Waals surface area (Å²) in [5.41, 5.74) is 0.0372. The van der Waals surface area contributed by atoms with Gasteiger partial charge in [0.05, 0.1) is 24.9 Å². The van der Waals surface area contributed by atoms with Crippen molar-refractivity contribution in [2.45, 2.75) is 64.4 Å². The standard InChI is InChI=1S/C19H38N4O3/c1-15-11-23(12-16(2)26-15)19(3,4)14-22-18(20-5)21-8-6-9-25-17-7-10-24-13-17/h15-17H,6-14H2,1-5H3,(H2,20,21,22). The fraction of sp³-hybridized carbons (Fsp3) is 0.947. The molecule has 0 radical (unpaired) electrons. The molecule has 2 heterocycles. The van der Waals surface area contributed by atoms with Gasteiger partial charge in [-0.1, -0.05) is 0 Å². The van der Waals surface area contributed by atoms with Gasteiger partial charge in [-0.15, -0.1) is 0 Å². The predicted octanol–water partition coefficient (Wildman–Crippen LogP) is 1.23. The number of rotatable bonds is 8. The molecule has 3 unspecified atom stereocenters. The van der Waals surface area contributed by atoms with Crippen LogP contribution in [0, 0.1) is 0 Å². The Morgan fingerprint density at radius 1 is 1.23 bits per heavy atom. The number of aliphatic imine (C=N–C) groups is 1. The zero-order chi connectivity index (χ0) is 19.0. The summed E-state index contributed by atoms with van der Waals surface area (Å²) >= 11 is 0. The minimum absolute atomic E-state index is 0.0372. The van der Waals surface area contributed by atoms with Crippen molar-refractivity contribution in [3.8, 4) is 0 Å². The average molecular weight is 371 g/mol. The fourth-order valence-electron chi connectivity index (χ4n) is 3.48. The van der Waals surface area contributed by atoms with E-state index >= 15 is 0 Å². The smallest absolute Gasteiger partial charge is 0.191 e. The van der Waals surface area contributed by atoms with Crippen LogP contribution < -0.4 is 10.6 Å². The van der Waals surface area contributed by atoms with Gasteiger partial charge in [0.2, 0.25) is 0 Å². The van der Waals surface area contributed by atoms with E-state index in [0.29, 0.717) is 0 Å². The van der Waals surface area contributed by atoms with Crippen LogP contribution in [-0.2, 0) is 14.2 Å². The Balaban J connectivity index is 1.65. The van der Waals surface area contributed by atoms with E-state index in [9.17, 15) is 0 Å². The molecule has 0 aromatic rings. The largest absolute Gasteiger partial charge is 0.379 e. The Bertz CT molecular complexity index is 429. The van der Waals surface area contributed by atoms with E-state index in [1.807, 2.05) is 7.05 Å². The minimum atomic E-state index is 0.0372. The number of hydrogen-bond donors (Lipinski definition) is 2. The van der Waals surface area contributed by atoms with Crippen molar-refractivity contribution in [1.82, 2.24) is 15.5 Å². The molecule has 3 atom stereocenters. The molecular weight excluding hydrogens is 332 g/mol. The lowest BCUT2D eigenvalue weighted by atomic mass is 10.00. The van der Waals surface area contributed by atoms with E-state index in [2.05, 4.69) is 48.2 Å². The molecule has 152 valence electrons. The first-order valence-corrected chi connectivity index (χ1v) is 9.95. The SMILES string of the molecule is CN=C(NCCCOC1CCOC1)NCC(C)(C)N1CC(C)OC(C)C1. The third-order valence-electron chi connectivity index (χ3n) is 5.04. The van der Waals surface area contributed by atoms with Gasteiger partial charge in [0.15, 0.2) is 5.96 Å². The van der Waals surface area contributed by atoms with Gasteiger partial charge in [0.1, 0.15) is 0 Å². The molecule has 7 heteroatoms. The van der Waals surface area contributed by atoms with Gasteiger partial charge in [0.25, 0.3) is 0 Å². The molecule has 7 nitrogen and oxygen atoms in total. The molecule has 0 aromatic carbocycles. The van der Waals surface area contributed by atoms with Gasteiger partial charge < -0.3 is 24.8 Å². The summed E-state index contributed by atoms with van der Waals surface area (Å²) in [5, 5.41) is 6.84. The van der Waals surface area contributed by atoms with Crippen molar-refractivity contribution in [2.75, 3.05) is 53.0 Å². The Morgan fingerprint density at radius 2 is 1.96 bits per heavy atom. The molecule has 0 saturated carbocycles. The average Bonchev–Trinajstić information content (AvgIpc) is 3.10. The maximum atomic E-state index is 5.85. The second-order valence-corrected chi connectivity index (χ2v) is 8.04. The van der Waals surface area contributed by atoms with Gasteiger partial charge in [-0.3, -0.25) is 9.89 Å². The summed E-state index contributed by atoms with van der Waals surface area (Å²) in [6.45, 7) is 14.8. The molecule has 26 heavy (non-hydrogen) atoms. The summed E-state index contributed by atoms with van der Waals surface area (Å²) in [7, 11) is 1.81. The van der Waals surface area contributed by atoms with Gasteiger partial charge in [-0.25, -0.2) is 0 Å². The lowest BCUT2D eigenvalue weighted by molar-refractivity contribution is -0.0946. The quantitative estimate of drug-likeness (QED) is 0.381. The van der Waals surface area contributed by atoms with E-state index in [0.717, 1.165) is 64.8 Å². The highest BCUT2D eigenvalue weighted by molar-refractivity contribution is 5.79. The van der Waals surface area contributed by atoms with Crippen LogP contribution in [0.15, 0.2) is 4.99 Å². The van der Waals surface area contributed by atoms with E-state index in [4.69, 9.17) is 14.2 Å². The normalized spacial score (nSPS) is 28.3. The van der Waals surface area contributed by atoms with Crippen LogP contribution in [0.5, 0.6) is 0 Å². The third-order valence-corrected chi connectivity index (χ3v) is 5.04. The number of nitrogens with zero attached hydrogens (tertiary/aromatic N) is 2. The lowest BCUT2D eigenvalue weighted by Gasteiger charge is -2.45. The molecule has 0 amide bonds. The molecule has 0 aliphatic carbocycles. The lowest BCUT2D eigenvalue weighted by Crippen LogP contribution is -2.59. The topological polar surface area (TPSA) is 67.4 Å². The zero-order valence-corrected chi connectivity index (χ0v) is 17.2. The molecule has 2 saturated heterocycles. The van der Waals surface area contributed by atoms with Crippen LogP contribution in [-0.4, -0.2) is 87.8 Å². The highest BCUT2D eigenvalue weighted by Gasteiger charge is 2.33. The first-order valence-electron chi connectivity index (χ1n) is 9.95. The minimum Gasteiger partial charge on any atom is -0.379 e. The van der Waals surface area contributed by atoms with E-state index < -0.39 is 0 Å². The van der Waals surface area contributed by atoms with E-state index in [-0.39, 0.29) is 23.9 Å². The third kappa shape index (κ3) is 7.02. The Labute approximate surface area is 158 Å². The van der Waals surface area contributed by atoms with Crippen molar-refractivity contribution in [1.29, 1.82) is 0 Å². The predicted molar refractivity (Wildman–Crippen MR) is 105 cm³/mol.